The molecule has 0 fully saturated rings. The number of furan rings is 1. The molecular weight excluding hydrogens is 230 g/mol. The molecule has 2 aromatic rings. The first-order valence-electron chi connectivity index (χ1n) is 6.09. The second-order valence-electron chi connectivity index (χ2n) is 4.60. The predicted molar refractivity (Wildman–Crippen MR) is 65.2 cm³/mol. The zero-order valence-corrected chi connectivity index (χ0v) is 10.2. The fourth-order valence-corrected chi connectivity index (χ4v) is 2.37. The van der Waals surface area contributed by atoms with Crippen molar-refractivity contribution in [2.75, 3.05) is 0 Å². The summed E-state index contributed by atoms with van der Waals surface area (Å²) in [5.41, 5.74) is 0.617. The van der Waals surface area contributed by atoms with E-state index in [2.05, 4.69) is 14.9 Å². The van der Waals surface area contributed by atoms with E-state index >= 15 is 0 Å². The number of aromatic nitrogens is 2. The van der Waals surface area contributed by atoms with Crippen molar-refractivity contribution < 1.29 is 9.21 Å². The number of imidazole rings is 1. The molecule has 0 bridgehead atoms. The minimum atomic E-state index is -0.0604. The monoisotopic (exact) mass is 245 g/mol. The minimum absolute atomic E-state index is 0.0604. The Morgan fingerprint density at radius 3 is 3.28 bits per heavy atom. The highest BCUT2D eigenvalue weighted by molar-refractivity contribution is 5.95. The fraction of sp³-hybridized carbons (Fsp3) is 0.385. The van der Waals surface area contributed by atoms with E-state index in [-0.39, 0.29) is 11.9 Å². The molecule has 0 aliphatic carbocycles. The van der Waals surface area contributed by atoms with Crippen molar-refractivity contribution in [3.05, 3.63) is 41.9 Å². The molecule has 1 aliphatic rings. The molecule has 1 atom stereocenters. The summed E-state index contributed by atoms with van der Waals surface area (Å²) >= 11 is 0. The van der Waals surface area contributed by atoms with Gasteiger partial charge in [0.1, 0.15) is 11.6 Å². The van der Waals surface area contributed by atoms with Gasteiger partial charge in [-0.1, -0.05) is 0 Å². The van der Waals surface area contributed by atoms with Gasteiger partial charge in [0.05, 0.1) is 11.8 Å². The summed E-state index contributed by atoms with van der Waals surface area (Å²) in [7, 11) is 0. The highest BCUT2D eigenvalue weighted by Crippen LogP contribution is 2.14. The highest BCUT2D eigenvalue weighted by atomic mass is 16.3. The van der Waals surface area contributed by atoms with E-state index in [4.69, 9.17) is 4.42 Å². The van der Waals surface area contributed by atoms with Gasteiger partial charge in [-0.15, -0.1) is 0 Å². The number of fused-ring (bicyclic) bond motifs is 1. The fourth-order valence-electron chi connectivity index (χ4n) is 2.37. The van der Waals surface area contributed by atoms with Crippen LogP contribution >= 0.6 is 0 Å². The number of nitrogens with zero attached hydrogens (tertiary/aromatic N) is 2. The van der Waals surface area contributed by atoms with Crippen molar-refractivity contribution >= 4 is 5.91 Å². The molecule has 1 aliphatic heterocycles. The van der Waals surface area contributed by atoms with Gasteiger partial charge in [0, 0.05) is 31.4 Å². The number of aryl methyl sites for hydroxylation is 2. The molecule has 0 saturated heterocycles. The quantitative estimate of drug-likeness (QED) is 0.872. The molecule has 0 spiro atoms. The summed E-state index contributed by atoms with van der Waals surface area (Å²) < 4.78 is 7.24. The van der Waals surface area contributed by atoms with Crippen molar-refractivity contribution in [2.45, 2.75) is 32.4 Å². The average molecular weight is 245 g/mol. The van der Waals surface area contributed by atoms with E-state index in [0.29, 0.717) is 11.3 Å². The van der Waals surface area contributed by atoms with E-state index in [0.717, 1.165) is 25.2 Å². The van der Waals surface area contributed by atoms with Gasteiger partial charge in [-0.05, 0) is 19.4 Å². The lowest BCUT2D eigenvalue weighted by Gasteiger charge is -2.24. The molecule has 0 unspecified atom stereocenters. The van der Waals surface area contributed by atoms with E-state index in [9.17, 15) is 4.79 Å². The third kappa shape index (κ3) is 1.92. The van der Waals surface area contributed by atoms with Crippen LogP contribution in [-0.4, -0.2) is 21.5 Å². The molecule has 5 nitrogen and oxygen atoms in total. The Hall–Kier alpha value is -2.04. The Balaban J connectivity index is 1.68. The Kier molecular flexibility index (Phi) is 2.66. The van der Waals surface area contributed by atoms with Crippen molar-refractivity contribution in [2.24, 2.45) is 0 Å². The van der Waals surface area contributed by atoms with Crippen LogP contribution in [0.4, 0.5) is 0 Å². The van der Waals surface area contributed by atoms with Crippen LogP contribution < -0.4 is 5.32 Å². The maximum atomic E-state index is 12.0. The van der Waals surface area contributed by atoms with Gasteiger partial charge in [0.2, 0.25) is 0 Å². The third-order valence-electron chi connectivity index (χ3n) is 3.37. The van der Waals surface area contributed by atoms with Crippen LogP contribution in [0.2, 0.25) is 0 Å². The Labute approximate surface area is 105 Å². The molecule has 2 aromatic heterocycles. The van der Waals surface area contributed by atoms with Crippen LogP contribution in [0.15, 0.2) is 29.1 Å². The molecule has 0 radical (unpaired) electrons. The standard InChI is InChI=1S/C13H15N3O2/c1-9-11(4-7-18-9)13(17)15-10-2-3-12-14-5-6-16(12)8-10/h4-7,10H,2-3,8H2,1H3,(H,15,17)/t10-/m0/s1. The second-order valence-corrected chi connectivity index (χ2v) is 4.60. The molecule has 3 rings (SSSR count). The molecule has 0 aromatic carbocycles. The number of hydrogen-bond donors (Lipinski definition) is 1. The topological polar surface area (TPSA) is 60.1 Å². The van der Waals surface area contributed by atoms with Crippen LogP contribution in [0.5, 0.6) is 0 Å². The molecular formula is C13H15N3O2. The number of amides is 1. The lowest BCUT2D eigenvalue weighted by molar-refractivity contribution is 0.0926. The summed E-state index contributed by atoms with van der Waals surface area (Å²) in [4.78, 5) is 16.3. The van der Waals surface area contributed by atoms with Gasteiger partial charge in [0.15, 0.2) is 0 Å². The molecule has 3 heterocycles. The lowest BCUT2D eigenvalue weighted by Crippen LogP contribution is -2.40. The average Bonchev–Trinajstić information content (AvgIpc) is 2.96. The van der Waals surface area contributed by atoms with Crippen LogP contribution in [0.3, 0.4) is 0 Å². The molecule has 5 heteroatoms. The Morgan fingerprint density at radius 1 is 1.61 bits per heavy atom. The summed E-state index contributed by atoms with van der Waals surface area (Å²) in [5, 5.41) is 3.05. The minimum Gasteiger partial charge on any atom is -0.469 e. The molecule has 18 heavy (non-hydrogen) atoms. The maximum Gasteiger partial charge on any atom is 0.255 e. The van der Waals surface area contributed by atoms with Gasteiger partial charge in [-0.2, -0.15) is 0 Å². The summed E-state index contributed by atoms with van der Waals surface area (Å²) in [6, 6.07) is 1.87. The highest BCUT2D eigenvalue weighted by Gasteiger charge is 2.21. The van der Waals surface area contributed by atoms with Gasteiger partial charge >= 0.3 is 0 Å². The molecule has 94 valence electrons. The second kappa shape index (κ2) is 4.33. The molecule has 0 saturated carbocycles. The zero-order valence-electron chi connectivity index (χ0n) is 10.2. The van der Waals surface area contributed by atoms with E-state index in [1.807, 2.05) is 6.20 Å². The van der Waals surface area contributed by atoms with E-state index < -0.39 is 0 Å². The van der Waals surface area contributed by atoms with Crippen LogP contribution in [0.25, 0.3) is 0 Å². The summed E-state index contributed by atoms with van der Waals surface area (Å²) in [6.07, 6.45) is 7.14. The SMILES string of the molecule is Cc1occc1C(=O)N[C@H]1CCc2nccn2C1. The van der Waals surface area contributed by atoms with Crippen LogP contribution in [-0.2, 0) is 13.0 Å². The number of carbonyl (C=O) groups excluding carboxylic acids is 1. The van der Waals surface area contributed by atoms with Crippen LogP contribution in [0, 0.1) is 6.92 Å². The number of carbonyl (C=O) groups is 1. The maximum absolute atomic E-state index is 12.0. The number of rotatable bonds is 2. The van der Waals surface area contributed by atoms with Gasteiger partial charge in [-0.25, -0.2) is 4.98 Å². The van der Waals surface area contributed by atoms with Crippen molar-refractivity contribution in [1.82, 2.24) is 14.9 Å². The first-order valence-corrected chi connectivity index (χ1v) is 6.09. The zero-order chi connectivity index (χ0) is 12.5. The Bertz CT molecular complexity index is 570. The first kappa shape index (κ1) is 11.1. The summed E-state index contributed by atoms with van der Waals surface area (Å²) in [5.74, 6) is 1.70. The van der Waals surface area contributed by atoms with Crippen molar-refractivity contribution in [1.29, 1.82) is 0 Å². The number of hydrogen-bond acceptors (Lipinski definition) is 3. The lowest BCUT2D eigenvalue weighted by atomic mass is 10.1. The Morgan fingerprint density at radius 2 is 2.50 bits per heavy atom. The molecule has 1 amide bonds. The third-order valence-corrected chi connectivity index (χ3v) is 3.37. The van der Waals surface area contributed by atoms with E-state index in [1.54, 1.807) is 25.5 Å². The largest absolute Gasteiger partial charge is 0.469 e. The summed E-state index contributed by atoms with van der Waals surface area (Å²) in [6.45, 7) is 2.59. The van der Waals surface area contributed by atoms with E-state index in [1.165, 1.54) is 0 Å². The number of nitrogens with one attached hydrogen (secondary N) is 1. The predicted octanol–water partition coefficient (Wildman–Crippen LogP) is 1.53. The first-order chi connectivity index (χ1) is 8.74. The van der Waals surface area contributed by atoms with Gasteiger partial charge < -0.3 is 14.3 Å². The van der Waals surface area contributed by atoms with Gasteiger partial charge in [-0.3, -0.25) is 4.79 Å². The van der Waals surface area contributed by atoms with Gasteiger partial charge in [0.25, 0.3) is 5.91 Å². The van der Waals surface area contributed by atoms with Crippen LogP contribution in [0.1, 0.15) is 28.4 Å². The van der Waals surface area contributed by atoms with Crippen molar-refractivity contribution in [3.8, 4) is 0 Å². The smallest absolute Gasteiger partial charge is 0.255 e. The molecule has 1 N–H and O–H groups in total. The normalized spacial score (nSPS) is 18.4. The van der Waals surface area contributed by atoms with Crippen molar-refractivity contribution in [3.63, 3.8) is 0 Å².